The van der Waals surface area contributed by atoms with Crippen molar-refractivity contribution < 1.29 is 23.9 Å². The number of benzene rings is 1. The number of carbonyl (C=O) groups is 3. The summed E-state index contributed by atoms with van der Waals surface area (Å²) >= 11 is 0. The Bertz CT molecular complexity index is 786. The predicted molar refractivity (Wildman–Crippen MR) is 96.0 cm³/mol. The number of imide groups is 1. The van der Waals surface area contributed by atoms with Gasteiger partial charge in [-0.05, 0) is 30.2 Å². The molecule has 3 heterocycles. The lowest BCUT2D eigenvalue weighted by Gasteiger charge is -2.43. The van der Waals surface area contributed by atoms with Crippen LogP contribution >= 0.6 is 0 Å². The van der Waals surface area contributed by atoms with E-state index in [4.69, 9.17) is 9.47 Å². The number of amides is 3. The van der Waals surface area contributed by atoms with Crippen LogP contribution in [0.25, 0.3) is 0 Å². The topological polar surface area (TPSA) is 88.2 Å². The van der Waals surface area contributed by atoms with E-state index < -0.39 is 6.04 Å². The van der Waals surface area contributed by atoms with Crippen molar-refractivity contribution >= 4 is 23.4 Å². The zero-order chi connectivity index (χ0) is 19.1. The van der Waals surface area contributed by atoms with E-state index in [0.29, 0.717) is 24.4 Å². The van der Waals surface area contributed by atoms with Gasteiger partial charge in [0.25, 0.3) is 5.91 Å². The molecule has 1 aromatic carbocycles. The average Bonchev–Trinajstić information content (AvgIpc) is 2.93. The van der Waals surface area contributed by atoms with E-state index in [0.717, 1.165) is 24.3 Å². The van der Waals surface area contributed by atoms with Gasteiger partial charge in [0.05, 0.1) is 0 Å². The second-order valence-electron chi connectivity index (χ2n) is 7.25. The van der Waals surface area contributed by atoms with Crippen LogP contribution in [0.3, 0.4) is 0 Å². The van der Waals surface area contributed by atoms with Gasteiger partial charge in [-0.1, -0.05) is 0 Å². The summed E-state index contributed by atoms with van der Waals surface area (Å²) in [6.07, 6.45) is 0.428. The second kappa shape index (κ2) is 6.94. The largest absolute Gasteiger partial charge is 0.370 e. The molecule has 1 N–H and O–H groups in total. The molecule has 3 aliphatic heterocycles. The zero-order valence-electron chi connectivity index (χ0n) is 15.4. The summed E-state index contributed by atoms with van der Waals surface area (Å²) in [5, 5.41) is 2.32. The fraction of sp³-hybridized carbons (Fsp3) is 0.526. The number of anilines is 1. The number of nitrogens with one attached hydrogen (secondary N) is 1. The first-order valence-electron chi connectivity index (χ1n) is 9.10. The first-order chi connectivity index (χ1) is 13.0. The number of ether oxygens (including phenoxy) is 2. The maximum absolute atomic E-state index is 12.7. The summed E-state index contributed by atoms with van der Waals surface area (Å²) in [5.41, 5.74) is 2.60. The van der Waals surface area contributed by atoms with Crippen LogP contribution in [0.2, 0.25) is 0 Å². The predicted octanol–water partition coefficient (Wildman–Crippen LogP) is 0.503. The van der Waals surface area contributed by atoms with E-state index in [1.807, 2.05) is 18.2 Å². The van der Waals surface area contributed by atoms with Gasteiger partial charge in [0.1, 0.15) is 6.04 Å². The molecule has 0 bridgehead atoms. The third-order valence-corrected chi connectivity index (χ3v) is 5.63. The van der Waals surface area contributed by atoms with Gasteiger partial charge in [-0.15, -0.1) is 0 Å². The molecule has 144 valence electrons. The van der Waals surface area contributed by atoms with E-state index in [9.17, 15) is 14.4 Å². The van der Waals surface area contributed by atoms with Crippen molar-refractivity contribution in [2.75, 3.05) is 32.2 Å². The number of rotatable bonds is 5. The molecule has 2 saturated heterocycles. The van der Waals surface area contributed by atoms with Gasteiger partial charge < -0.3 is 19.3 Å². The summed E-state index contributed by atoms with van der Waals surface area (Å²) < 4.78 is 10.6. The van der Waals surface area contributed by atoms with Crippen LogP contribution in [-0.2, 0) is 25.6 Å². The number of hydrogen-bond donors (Lipinski definition) is 1. The van der Waals surface area contributed by atoms with Gasteiger partial charge in [-0.25, -0.2) is 0 Å². The fourth-order valence-corrected chi connectivity index (χ4v) is 4.13. The number of hydrogen-bond acceptors (Lipinski definition) is 6. The van der Waals surface area contributed by atoms with E-state index in [2.05, 4.69) is 10.2 Å². The summed E-state index contributed by atoms with van der Waals surface area (Å²) in [7, 11) is 3.28. The highest BCUT2D eigenvalue weighted by atomic mass is 16.7. The van der Waals surface area contributed by atoms with E-state index >= 15 is 0 Å². The van der Waals surface area contributed by atoms with Crippen LogP contribution in [0.5, 0.6) is 0 Å². The van der Waals surface area contributed by atoms with Crippen LogP contribution in [0.15, 0.2) is 18.2 Å². The smallest absolute Gasteiger partial charge is 0.255 e. The maximum Gasteiger partial charge on any atom is 0.255 e. The summed E-state index contributed by atoms with van der Waals surface area (Å²) in [4.78, 5) is 40.0. The molecular formula is C19H23N3O5. The molecule has 3 amide bonds. The van der Waals surface area contributed by atoms with Gasteiger partial charge in [0, 0.05) is 57.4 Å². The Labute approximate surface area is 157 Å². The van der Waals surface area contributed by atoms with Crippen molar-refractivity contribution in [3.05, 3.63) is 29.3 Å². The first kappa shape index (κ1) is 17.9. The molecule has 0 saturated carbocycles. The summed E-state index contributed by atoms with van der Waals surface area (Å²) in [5.74, 6) is -0.495. The van der Waals surface area contributed by atoms with Crippen molar-refractivity contribution in [2.24, 2.45) is 5.92 Å². The van der Waals surface area contributed by atoms with Gasteiger partial charge in [0.15, 0.2) is 6.29 Å². The van der Waals surface area contributed by atoms with Crippen LogP contribution < -0.4 is 10.2 Å². The molecule has 4 rings (SSSR count). The average molecular weight is 373 g/mol. The molecule has 0 unspecified atom stereocenters. The maximum atomic E-state index is 12.7. The Balaban J connectivity index is 1.46. The molecule has 0 radical (unpaired) electrons. The van der Waals surface area contributed by atoms with Crippen molar-refractivity contribution in [1.82, 2.24) is 10.2 Å². The number of nitrogens with zero attached hydrogens (tertiary/aromatic N) is 2. The lowest BCUT2D eigenvalue weighted by molar-refractivity contribution is -0.142. The van der Waals surface area contributed by atoms with Crippen LogP contribution in [0.4, 0.5) is 5.69 Å². The zero-order valence-corrected chi connectivity index (χ0v) is 15.4. The lowest BCUT2D eigenvalue weighted by atomic mass is 9.97. The van der Waals surface area contributed by atoms with Gasteiger partial charge in [-0.3, -0.25) is 19.7 Å². The number of piperidine rings is 1. The van der Waals surface area contributed by atoms with Crippen molar-refractivity contribution in [3.8, 4) is 0 Å². The van der Waals surface area contributed by atoms with E-state index in [1.165, 1.54) is 0 Å². The first-order valence-corrected chi connectivity index (χ1v) is 9.10. The molecule has 27 heavy (non-hydrogen) atoms. The van der Waals surface area contributed by atoms with Gasteiger partial charge in [-0.2, -0.15) is 0 Å². The van der Waals surface area contributed by atoms with Gasteiger partial charge in [0.2, 0.25) is 11.8 Å². The fourth-order valence-electron chi connectivity index (χ4n) is 4.13. The quantitative estimate of drug-likeness (QED) is 0.597. The monoisotopic (exact) mass is 373 g/mol. The molecule has 0 aliphatic carbocycles. The number of methoxy groups -OCH3 is 2. The molecule has 2 fully saturated rings. The van der Waals surface area contributed by atoms with Crippen LogP contribution in [0, 0.1) is 5.92 Å². The SMILES string of the molecule is COC(OC)C1CN(c2ccc3c(c2)CN([C@H]2CCC(=O)NC2=O)C3=O)C1. The molecule has 0 aromatic heterocycles. The highest BCUT2D eigenvalue weighted by molar-refractivity contribution is 6.05. The minimum Gasteiger partial charge on any atom is -0.370 e. The minimum atomic E-state index is -0.580. The molecule has 8 nitrogen and oxygen atoms in total. The highest BCUT2D eigenvalue weighted by Gasteiger charge is 2.40. The van der Waals surface area contributed by atoms with Crippen molar-refractivity contribution in [1.29, 1.82) is 0 Å². The van der Waals surface area contributed by atoms with E-state index in [1.54, 1.807) is 19.1 Å². The number of fused-ring (bicyclic) bond motifs is 1. The Hall–Kier alpha value is -2.45. The lowest BCUT2D eigenvalue weighted by Crippen LogP contribution is -2.53. The molecule has 3 aliphatic rings. The molecular weight excluding hydrogens is 350 g/mol. The Morgan fingerprint density at radius 1 is 1.15 bits per heavy atom. The standard InChI is InChI=1S/C19H23N3O5/c1-26-19(27-2)12-8-21(9-12)13-3-4-14-11(7-13)10-22(18(14)25)15-5-6-16(23)20-17(15)24/h3-4,7,12,15,19H,5-6,8-10H2,1-2H3,(H,20,23,24)/t15-/m0/s1. The minimum absolute atomic E-state index is 0.147. The molecule has 1 aromatic rings. The van der Waals surface area contributed by atoms with Crippen molar-refractivity contribution in [2.45, 2.75) is 31.7 Å². The molecule has 1 atom stereocenters. The Morgan fingerprint density at radius 2 is 1.89 bits per heavy atom. The van der Waals surface area contributed by atoms with Crippen LogP contribution in [-0.4, -0.2) is 62.3 Å². The van der Waals surface area contributed by atoms with Crippen molar-refractivity contribution in [3.63, 3.8) is 0 Å². The third-order valence-electron chi connectivity index (χ3n) is 5.63. The summed E-state index contributed by atoms with van der Waals surface area (Å²) in [6.45, 7) is 2.05. The molecule has 0 spiro atoms. The summed E-state index contributed by atoms with van der Waals surface area (Å²) in [6, 6.07) is 5.21. The Kier molecular flexibility index (Phi) is 4.61. The van der Waals surface area contributed by atoms with Crippen LogP contribution in [0.1, 0.15) is 28.8 Å². The number of carbonyl (C=O) groups excluding carboxylic acids is 3. The highest BCUT2D eigenvalue weighted by Crippen LogP contribution is 2.33. The Morgan fingerprint density at radius 3 is 2.56 bits per heavy atom. The second-order valence-corrected chi connectivity index (χ2v) is 7.25. The van der Waals surface area contributed by atoms with E-state index in [-0.39, 0.29) is 30.4 Å². The third kappa shape index (κ3) is 3.08. The molecule has 8 heteroatoms. The van der Waals surface area contributed by atoms with Gasteiger partial charge >= 0.3 is 0 Å². The normalized spacial score (nSPS) is 22.9.